The Morgan fingerprint density at radius 3 is 2.79 bits per heavy atom. The summed E-state index contributed by atoms with van der Waals surface area (Å²) in [5, 5.41) is 8.70. The number of hydrogen-bond acceptors (Lipinski definition) is 2. The smallest absolute Gasteiger partial charge is 0.0767 e. The van der Waals surface area contributed by atoms with Crippen LogP contribution in [0.2, 0.25) is 5.02 Å². The highest BCUT2D eigenvalue weighted by Gasteiger charge is 2.13. The Balaban J connectivity index is 2.17. The Morgan fingerprint density at radius 1 is 1.37 bits per heavy atom. The van der Waals surface area contributed by atoms with E-state index in [4.69, 9.17) is 11.6 Å². The fourth-order valence-corrected chi connectivity index (χ4v) is 2.87. The van der Waals surface area contributed by atoms with Gasteiger partial charge in [-0.2, -0.15) is 5.10 Å². The molecular formula is C14H17BrClN3. The number of aryl methyl sites for hydroxylation is 2. The lowest BCUT2D eigenvalue weighted by molar-refractivity contribution is 0.619. The summed E-state index contributed by atoms with van der Waals surface area (Å²) >= 11 is 9.62. The first-order chi connectivity index (χ1) is 9.15. The molecule has 0 fully saturated rings. The number of benzene rings is 1. The summed E-state index contributed by atoms with van der Waals surface area (Å²) in [6.07, 6.45) is 0.928. The van der Waals surface area contributed by atoms with Gasteiger partial charge in [0, 0.05) is 17.3 Å². The van der Waals surface area contributed by atoms with Gasteiger partial charge in [0.1, 0.15) is 0 Å². The van der Waals surface area contributed by atoms with Gasteiger partial charge in [-0.3, -0.25) is 4.68 Å². The second kappa shape index (κ2) is 6.44. The van der Waals surface area contributed by atoms with Crippen molar-refractivity contribution >= 4 is 33.2 Å². The van der Waals surface area contributed by atoms with Crippen LogP contribution in [0, 0.1) is 0 Å². The molecule has 3 nitrogen and oxygen atoms in total. The Labute approximate surface area is 127 Å². The molecule has 0 spiro atoms. The molecule has 0 aliphatic carbocycles. The number of halogens is 2. The Hall–Kier alpha value is -1.000. The van der Waals surface area contributed by atoms with Crippen molar-refractivity contribution in [2.75, 3.05) is 5.32 Å². The van der Waals surface area contributed by atoms with E-state index in [2.05, 4.69) is 40.2 Å². The van der Waals surface area contributed by atoms with Crippen LogP contribution >= 0.6 is 27.5 Å². The van der Waals surface area contributed by atoms with E-state index in [1.807, 2.05) is 28.9 Å². The molecule has 0 saturated carbocycles. The maximum atomic E-state index is 5.98. The van der Waals surface area contributed by atoms with E-state index >= 15 is 0 Å². The molecule has 19 heavy (non-hydrogen) atoms. The summed E-state index contributed by atoms with van der Waals surface area (Å²) < 4.78 is 3.13. The predicted octanol–water partition coefficient (Wildman–Crippen LogP) is 4.49. The number of rotatable bonds is 5. The molecule has 5 heteroatoms. The molecule has 2 aromatic rings. The highest BCUT2D eigenvalue weighted by atomic mass is 79.9. The van der Waals surface area contributed by atoms with Gasteiger partial charge in [-0.1, -0.05) is 24.6 Å². The van der Waals surface area contributed by atoms with Crippen molar-refractivity contribution in [3.8, 4) is 0 Å². The first kappa shape index (κ1) is 14.4. The fourth-order valence-electron chi connectivity index (χ4n) is 1.97. The van der Waals surface area contributed by atoms with Gasteiger partial charge >= 0.3 is 0 Å². The standard InChI is InChI=1S/C14H17BrClN3/c1-3-12-14(15)13(19(4-2)18-12)9-17-11-7-5-6-10(16)8-11/h5-8,17H,3-4,9H2,1-2H3. The molecule has 0 radical (unpaired) electrons. The van der Waals surface area contributed by atoms with Gasteiger partial charge in [0.25, 0.3) is 0 Å². The van der Waals surface area contributed by atoms with E-state index in [1.54, 1.807) is 0 Å². The van der Waals surface area contributed by atoms with Crippen molar-refractivity contribution in [1.82, 2.24) is 9.78 Å². The quantitative estimate of drug-likeness (QED) is 0.867. The topological polar surface area (TPSA) is 29.9 Å². The van der Waals surface area contributed by atoms with E-state index < -0.39 is 0 Å². The number of nitrogens with zero attached hydrogens (tertiary/aromatic N) is 2. The molecule has 1 aromatic heterocycles. The predicted molar refractivity (Wildman–Crippen MR) is 83.8 cm³/mol. The SMILES string of the molecule is CCc1nn(CC)c(CNc2cccc(Cl)c2)c1Br. The van der Waals surface area contributed by atoms with E-state index in [-0.39, 0.29) is 0 Å². The molecule has 0 unspecified atom stereocenters. The van der Waals surface area contributed by atoms with Crippen molar-refractivity contribution in [1.29, 1.82) is 0 Å². The van der Waals surface area contributed by atoms with Gasteiger partial charge < -0.3 is 5.32 Å². The van der Waals surface area contributed by atoms with Gasteiger partial charge in [0.05, 0.1) is 22.4 Å². The van der Waals surface area contributed by atoms with E-state index in [0.717, 1.165) is 40.4 Å². The molecule has 0 amide bonds. The maximum Gasteiger partial charge on any atom is 0.0767 e. The fraction of sp³-hybridized carbons (Fsp3) is 0.357. The molecule has 0 saturated heterocycles. The average Bonchev–Trinajstić information content (AvgIpc) is 2.72. The monoisotopic (exact) mass is 341 g/mol. The minimum Gasteiger partial charge on any atom is -0.379 e. The van der Waals surface area contributed by atoms with Crippen LogP contribution in [0.15, 0.2) is 28.7 Å². The minimum atomic E-state index is 0.724. The second-order valence-electron chi connectivity index (χ2n) is 4.24. The third-order valence-corrected chi connectivity index (χ3v) is 4.13. The molecular weight excluding hydrogens is 326 g/mol. The zero-order valence-corrected chi connectivity index (χ0v) is 13.4. The number of anilines is 1. The van der Waals surface area contributed by atoms with Crippen LogP contribution in [-0.4, -0.2) is 9.78 Å². The zero-order valence-electron chi connectivity index (χ0n) is 11.1. The highest BCUT2D eigenvalue weighted by Crippen LogP contribution is 2.24. The molecule has 1 heterocycles. The van der Waals surface area contributed by atoms with Crippen LogP contribution in [-0.2, 0) is 19.5 Å². The van der Waals surface area contributed by atoms with Crippen molar-refractivity contribution in [2.24, 2.45) is 0 Å². The van der Waals surface area contributed by atoms with Gasteiger partial charge in [0.15, 0.2) is 0 Å². The maximum absolute atomic E-state index is 5.98. The Kier molecular flexibility index (Phi) is 4.88. The Bertz CT molecular complexity index is 566. The van der Waals surface area contributed by atoms with Crippen molar-refractivity contribution < 1.29 is 0 Å². The van der Waals surface area contributed by atoms with E-state index in [0.29, 0.717) is 0 Å². The van der Waals surface area contributed by atoms with Crippen LogP contribution < -0.4 is 5.32 Å². The Morgan fingerprint density at radius 2 is 2.16 bits per heavy atom. The van der Waals surface area contributed by atoms with Gasteiger partial charge in [-0.05, 0) is 47.5 Å². The summed E-state index contributed by atoms with van der Waals surface area (Å²) in [7, 11) is 0. The lowest BCUT2D eigenvalue weighted by Gasteiger charge is -2.09. The number of aromatic nitrogens is 2. The summed E-state index contributed by atoms with van der Waals surface area (Å²) in [5.41, 5.74) is 3.28. The molecule has 1 N–H and O–H groups in total. The molecule has 0 aliphatic heterocycles. The lowest BCUT2D eigenvalue weighted by atomic mass is 10.3. The molecule has 102 valence electrons. The first-order valence-corrected chi connectivity index (χ1v) is 7.56. The minimum absolute atomic E-state index is 0.724. The molecule has 0 atom stereocenters. The first-order valence-electron chi connectivity index (χ1n) is 6.39. The summed E-state index contributed by atoms with van der Waals surface area (Å²) in [4.78, 5) is 0. The van der Waals surface area contributed by atoms with Crippen molar-refractivity contribution in [3.05, 3.63) is 45.1 Å². The largest absolute Gasteiger partial charge is 0.379 e. The van der Waals surface area contributed by atoms with Crippen LogP contribution in [0.1, 0.15) is 25.2 Å². The molecule has 0 aliphatic rings. The molecule has 1 aromatic carbocycles. The third-order valence-electron chi connectivity index (χ3n) is 2.98. The zero-order chi connectivity index (χ0) is 13.8. The van der Waals surface area contributed by atoms with E-state index in [1.165, 1.54) is 5.69 Å². The second-order valence-corrected chi connectivity index (χ2v) is 5.47. The summed E-state index contributed by atoms with van der Waals surface area (Å²) in [5.74, 6) is 0. The number of hydrogen-bond donors (Lipinski definition) is 1. The third kappa shape index (κ3) is 3.31. The van der Waals surface area contributed by atoms with Crippen molar-refractivity contribution in [2.45, 2.75) is 33.4 Å². The van der Waals surface area contributed by atoms with Crippen LogP contribution in [0.4, 0.5) is 5.69 Å². The van der Waals surface area contributed by atoms with Crippen molar-refractivity contribution in [3.63, 3.8) is 0 Å². The molecule has 2 rings (SSSR count). The average molecular weight is 343 g/mol. The van der Waals surface area contributed by atoms with Gasteiger partial charge in [0.2, 0.25) is 0 Å². The number of nitrogens with one attached hydrogen (secondary N) is 1. The lowest BCUT2D eigenvalue weighted by Crippen LogP contribution is -2.08. The van der Waals surface area contributed by atoms with Crippen LogP contribution in [0.25, 0.3) is 0 Å². The summed E-state index contributed by atoms with van der Waals surface area (Å²) in [6.45, 7) is 5.80. The van der Waals surface area contributed by atoms with Gasteiger partial charge in [-0.15, -0.1) is 0 Å². The molecule has 0 bridgehead atoms. The van der Waals surface area contributed by atoms with Crippen LogP contribution in [0.3, 0.4) is 0 Å². The van der Waals surface area contributed by atoms with E-state index in [9.17, 15) is 0 Å². The van der Waals surface area contributed by atoms with Gasteiger partial charge in [-0.25, -0.2) is 0 Å². The van der Waals surface area contributed by atoms with Crippen LogP contribution in [0.5, 0.6) is 0 Å². The normalized spacial score (nSPS) is 10.7. The highest BCUT2D eigenvalue weighted by molar-refractivity contribution is 9.10. The summed E-state index contributed by atoms with van der Waals surface area (Å²) in [6, 6.07) is 7.73.